The smallest absolute Gasteiger partial charge is 0.272 e. The maximum absolute atomic E-state index is 12.2. The number of aromatic nitrogens is 2. The Morgan fingerprint density at radius 1 is 1.18 bits per heavy atom. The van der Waals surface area contributed by atoms with Gasteiger partial charge in [-0.2, -0.15) is 5.10 Å². The lowest BCUT2D eigenvalue weighted by atomic mass is 10.1. The number of nitrogens with zero attached hydrogens (tertiary/aromatic N) is 2. The van der Waals surface area contributed by atoms with Gasteiger partial charge in [0.05, 0.1) is 5.54 Å². The van der Waals surface area contributed by atoms with Gasteiger partial charge in [-0.3, -0.25) is 19.1 Å². The van der Waals surface area contributed by atoms with E-state index in [1.54, 1.807) is 10.7 Å². The molecule has 0 saturated heterocycles. The molecule has 1 heterocycles. The molecule has 1 aromatic heterocycles. The van der Waals surface area contributed by atoms with Crippen molar-refractivity contribution in [2.24, 2.45) is 11.5 Å². The molecule has 0 bridgehead atoms. The van der Waals surface area contributed by atoms with Gasteiger partial charge in [0, 0.05) is 5.69 Å². The van der Waals surface area contributed by atoms with E-state index in [1.165, 1.54) is 0 Å². The Bertz CT molecular complexity index is 584. The van der Waals surface area contributed by atoms with Crippen LogP contribution in [0.2, 0.25) is 0 Å². The van der Waals surface area contributed by atoms with Crippen LogP contribution in [0, 0.1) is 0 Å². The maximum atomic E-state index is 12.2. The van der Waals surface area contributed by atoms with Gasteiger partial charge in [0.15, 0.2) is 11.7 Å². The highest BCUT2D eigenvalue weighted by Gasteiger charge is 2.28. The minimum Gasteiger partial charge on any atom is -0.367 e. The molecule has 0 radical (unpaired) electrons. The Kier molecular flexibility index (Phi) is 4.95. The summed E-state index contributed by atoms with van der Waals surface area (Å²) in [7, 11) is 0. The number of rotatable bonds is 5. The lowest BCUT2D eigenvalue weighted by Gasteiger charge is -2.23. The summed E-state index contributed by atoms with van der Waals surface area (Å²) in [5, 5.41) is 6.47. The molecule has 22 heavy (non-hydrogen) atoms. The Labute approximate surface area is 129 Å². The molecule has 122 valence electrons. The third-order valence-corrected chi connectivity index (χ3v) is 3.04. The van der Waals surface area contributed by atoms with E-state index in [4.69, 9.17) is 11.5 Å². The van der Waals surface area contributed by atoms with E-state index in [9.17, 15) is 14.4 Å². The van der Waals surface area contributed by atoms with Crippen LogP contribution in [-0.4, -0.2) is 33.5 Å². The zero-order valence-corrected chi connectivity index (χ0v) is 13.5. The van der Waals surface area contributed by atoms with Gasteiger partial charge >= 0.3 is 0 Å². The highest BCUT2D eigenvalue weighted by molar-refractivity contribution is 6.07. The van der Waals surface area contributed by atoms with Crippen LogP contribution in [-0.2, 0) is 15.1 Å². The van der Waals surface area contributed by atoms with Gasteiger partial charge in [-0.15, -0.1) is 0 Å². The zero-order valence-electron chi connectivity index (χ0n) is 13.5. The van der Waals surface area contributed by atoms with Crippen molar-refractivity contribution in [2.75, 3.05) is 0 Å². The molecule has 0 aliphatic rings. The van der Waals surface area contributed by atoms with Crippen molar-refractivity contribution in [1.29, 1.82) is 0 Å². The van der Waals surface area contributed by atoms with Gasteiger partial charge < -0.3 is 16.8 Å². The van der Waals surface area contributed by atoms with Crippen molar-refractivity contribution in [3.05, 3.63) is 17.5 Å². The quantitative estimate of drug-likeness (QED) is 0.651. The van der Waals surface area contributed by atoms with Crippen molar-refractivity contribution in [1.82, 2.24) is 15.1 Å². The van der Waals surface area contributed by atoms with E-state index >= 15 is 0 Å². The Balaban J connectivity index is 3.15. The summed E-state index contributed by atoms with van der Waals surface area (Å²) in [5.41, 5.74) is 10.7. The number of primary amides is 2. The second-order valence-corrected chi connectivity index (χ2v) is 6.40. The fraction of sp³-hybridized carbons (Fsp3) is 0.571. The van der Waals surface area contributed by atoms with Gasteiger partial charge in [-0.05, 0) is 32.8 Å². The van der Waals surface area contributed by atoms with Crippen molar-refractivity contribution >= 4 is 17.7 Å². The first kappa shape index (κ1) is 17.7. The van der Waals surface area contributed by atoms with Crippen molar-refractivity contribution in [2.45, 2.75) is 52.1 Å². The molecule has 0 aromatic carbocycles. The van der Waals surface area contributed by atoms with Gasteiger partial charge in [0.25, 0.3) is 5.91 Å². The van der Waals surface area contributed by atoms with Crippen molar-refractivity contribution in [3.8, 4) is 0 Å². The lowest BCUT2D eigenvalue weighted by molar-refractivity contribution is -0.128. The number of nitrogens with one attached hydrogen (secondary N) is 1. The molecule has 0 aliphatic heterocycles. The average Bonchev–Trinajstić information content (AvgIpc) is 2.79. The monoisotopic (exact) mass is 309 g/mol. The number of hydrogen-bond donors (Lipinski definition) is 3. The predicted octanol–water partition coefficient (Wildman–Crippen LogP) is -0.169. The Morgan fingerprint density at radius 2 is 1.68 bits per heavy atom. The van der Waals surface area contributed by atoms with Crippen LogP contribution in [0.25, 0.3) is 0 Å². The normalized spacial score (nSPS) is 11.8. The molecule has 3 amide bonds. The SMILES string of the molecule is CC(C)c1cc(C(=O)NC(C(N)=O)C(N)=O)nn1C(C)(C)C. The fourth-order valence-corrected chi connectivity index (χ4v) is 1.94. The molecule has 8 nitrogen and oxygen atoms in total. The standard InChI is InChI=1S/C14H23N5O3/c1-7(2)9-6-8(18-19(9)14(3,4)5)13(22)17-10(11(15)20)12(16)21/h6-7,10H,1-5H3,(H2,15,20)(H2,16,21)(H,17,22). The number of hydrogen-bond acceptors (Lipinski definition) is 4. The fourth-order valence-electron chi connectivity index (χ4n) is 1.94. The van der Waals surface area contributed by atoms with Crippen LogP contribution >= 0.6 is 0 Å². The third kappa shape index (κ3) is 3.84. The number of carbonyl (C=O) groups excluding carboxylic acids is 3. The van der Waals surface area contributed by atoms with Crippen molar-refractivity contribution in [3.63, 3.8) is 0 Å². The first-order valence-corrected chi connectivity index (χ1v) is 6.95. The van der Waals surface area contributed by atoms with Crippen LogP contribution in [0.4, 0.5) is 0 Å². The molecule has 1 aromatic rings. The molecule has 0 aliphatic carbocycles. The van der Waals surface area contributed by atoms with E-state index in [2.05, 4.69) is 10.4 Å². The third-order valence-electron chi connectivity index (χ3n) is 3.04. The van der Waals surface area contributed by atoms with Crippen LogP contribution in [0.1, 0.15) is 56.7 Å². The van der Waals surface area contributed by atoms with Crippen molar-refractivity contribution < 1.29 is 14.4 Å². The first-order valence-electron chi connectivity index (χ1n) is 6.95. The topological polar surface area (TPSA) is 133 Å². The molecule has 0 unspecified atom stereocenters. The van der Waals surface area contributed by atoms with Gasteiger partial charge in [-0.1, -0.05) is 13.8 Å². The number of nitrogens with two attached hydrogens (primary N) is 2. The van der Waals surface area contributed by atoms with E-state index < -0.39 is 23.8 Å². The average molecular weight is 309 g/mol. The maximum Gasteiger partial charge on any atom is 0.272 e. The highest BCUT2D eigenvalue weighted by Crippen LogP contribution is 2.23. The highest BCUT2D eigenvalue weighted by atomic mass is 16.2. The minimum absolute atomic E-state index is 0.103. The number of carbonyl (C=O) groups is 3. The van der Waals surface area contributed by atoms with Crippen LogP contribution in [0.3, 0.4) is 0 Å². The molecular formula is C14H23N5O3. The predicted molar refractivity (Wildman–Crippen MR) is 81.0 cm³/mol. The van der Waals surface area contributed by atoms with E-state index in [1.807, 2.05) is 34.6 Å². The summed E-state index contributed by atoms with van der Waals surface area (Å²) in [5.74, 6) is -2.55. The van der Waals surface area contributed by atoms with E-state index in [0.29, 0.717) is 0 Å². The summed E-state index contributed by atoms with van der Waals surface area (Å²) < 4.78 is 1.75. The summed E-state index contributed by atoms with van der Waals surface area (Å²) in [6.07, 6.45) is 0. The molecule has 0 spiro atoms. The molecule has 0 atom stereocenters. The van der Waals surface area contributed by atoms with Crippen LogP contribution in [0.15, 0.2) is 6.07 Å². The molecule has 0 saturated carbocycles. The van der Waals surface area contributed by atoms with Crippen LogP contribution in [0.5, 0.6) is 0 Å². The molecule has 1 rings (SSSR count). The molecule has 5 N–H and O–H groups in total. The van der Waals surface area contributed by atoms with Crippen LogP contribution < -0.4 is 16.8 Å². The molecule has 8 heteroatoms. The second-order valence-electron chi connectivity index (χ2n) is 6.40. The second kappa shape index (κ2) is 6.17. The lowest BCUT2D eigenvalue weighted by Crippen LogP contribution is -2.52. The van der Waals surface area contributed by atoms with E-state index in [0.717, 1.165) is 5.69 Å². The largest absolute Gasteiger partial charge is 0.367 e. The zero-order chi connectivity index (χ0) is 17.2. The first-order chi connectivity index (χ1) is 9.95. The van der Waals surface area contributed by atoms with Gasteiger partial charge in [0.1, 0.15) is 0 Å². The summed E-state index contributed by atoms with van der Waals surface area (Å²) in [6.45, 7) is 9.85. The number of amides is 3. The minimum atomic E-state index is -1.56. The molecule has 0 fully saturated rings. The molecular weight excluding hydrogens is 286 g/mol. The van der Waals surface area contributed by atoms with E-state index in [-0.39, 0.29) is 17.2 Å². The Morgan fingerprint density at radius 3 is 2.00 bits per heavy atom. The summed E-state index contributed by atoms with van der Waals surface area (Å²) in [4.78, 5) is 34.4. The summed E-state index contributed by atoms with van der Waals surface area (Å²) in [6, 6.07) is 0.0689. The Hall–Kier alpha value is -2.38. The van der Waals surface area contributed by atoms with Gasteiger partial charge in [0.2, 0.25) is 11.8 Å². The van der Waals surface area contributed by atoms with Gasteiger partial charge in [-0.25, -0.2) is 0 Å². The summed E-state index contributed by atoms with van der Waals surface area (Å²) >= 11 is 0.